The van der Waals surface area contributed by atoms with Gasteiger partial charge in [0.1, 0.15) is 5.69 Å². The van der Waals surface area contributed by atoms with E-state index >= 15 is 0 Å². The topological polar surface area (TPSA) is 17.8 Å². The maximum Gasteiger partial charge on any atom is 0.433 e. The molecule has 0 fully saturated rings. The Hall–Kier alpha value is -1.49. The number of rotatable bonds is 1. The van der Waals surface area contributed by atoms with Gasteiger partial charge in [-0.3, -0.25) is 0 Å². The molecule has 0 saturated carbocycles. The molecule has 2 aromatic rings. The highest BCUT2D eigenvalue weighted by Gasteiger charge is 2.35. The van der Waals surface area contributed by atoms with Gasteiger partial charge in [0.15, 0.2) is 0 Å². The first-order valence-electron chi connectivity index (χ1n) is 4.77. The summed E-state index contributed by atoms with van der Waals surface area (Å²) < 4.78 is 38.9. The molecular weight excluding hydrogens is 253 g/mol. The van der Waals surface area contributed by atoms with Crippen molar-refractivity contribution >= 4 is 11.6 Å². The lowest BCUT2D eigenvalue weighted by molar-refractivity contribution is -0.142. The minimum atomic E-state index is -4.43. The van der Waals surface area contributed by atoms with Crippen LogP contribution in [-0.2, 0) is 6.18 Å². The highest BCUT2D eigenvalue weighted by atomic mass is 35.5. The zero-order valence-corrected chi connectivity index (χ0v) is 9.55. The number of aryl methyl sites for hydroxylation is 1. The van der Waals surface area contributed by atoms with E-state index in [-0.39, 0.29) is 0 Å². The lowest BCUT2D eigenvalue weighted by atomic mass is 10.2. The van der Waals surface area contributed by atoms with E-state index in [0.717, 1.165) is 16.9 Å². The molecule has 0 atom stereocenters. The molecule has 2 nitrogen and oxygen atoms in total. The Bertz CT molecular complexity index is 546. The summed E-state index contributed by atoms with van der Waals surface area (Å²) >= 11 is 5.76. The molecule has 1 aromatic heterocycles. The number of aromatic nitrogens is 2. The molecule has 0 unspecified atom stereocenters. The van der Waals surface area contributed by atoms with Gasteiger partial charge in [-0.25, -0.2) is 4.68 Å². The molecule has 17 heavy (non-hydrogen) atoms. The van der Waals surface area contributed by atoms with Crippen molar-refractivity contribution in [1.29, 1.82) is 0 Å². The van der Waals surface area contributed by atoms with E-state index in [0.29, 0.717) is 16.3 Å². The monoisotopic (exact) mass is 260 g/mol. The number of hydrogen-bond acceptors (Lipinski definition) is 1. The molecule has 6 heteroatoms. The Labute approximate surface area is 101 Å². The van der Waals surface area contributed by atoms with E-state index in [1.165, 1.54) is 12.1 Å². The Morgan fingerprint density at radius 1 is 1.24 bits per heavy atom. The maximum atomic E-state index is 12.7. The van der Waals surface area contributed by atoms with E-state index in [9.17, 15) is 13.2 Å². The third kappa shape index (κ3) is 2.29. The average Bonchev–Trinajstić information content (AvgIpc) is 2.65. The molecule has 0 bridgehead atoms. The standard InChI is InChI=1S/C11H8ClF3N2/c1-7-6-8(12)2-3-9(7)17-10(4-5-16-17)11(13,14)15/h2-6H,1H3. The number of benzene rings is 1. The van der Waals surface area contributed by atoms with Crippen molar-refractivity contribution in [3.05, 3.63) is 46.7 Å². The summed E-state index contributed by atoms with van der Waals surface area (Å²) in [6, 6.07) is 5.58. The van der Waals surface area contributed by atoms with Gasteiger partial charge < -0.3 is 0 Å². The van der Waals surface area contributed by atoms with E-state index < -0.39 is 11.9 Å². The first kappa shape index (κ1) is 12.0. The van der Waals surface area contributed by atoms with E-state index in [1.807, 2.05) is 0 Å². The minimum absolute atomic E-state index is 0.367. The lowest BCUT2D eigenvalue weighted by Gasteiger charge is -2.12. The van der Waals surface area contributed by atoms with Crippen molar-refractivity contribution in [2.75, 3.05) is 0 Å². The van der Waals surface area contributed by atoms with Crippen molar-refractivity contribution < 1.29 is 13.2 Å². The summed E-state index contributed by atoms with van der Waals surface area (Å²) in [5.41, 5.74) is 0.196. The molecule has 0 amide bonds. The van der Waals surface area contributed by atoms with Crippen molar-refractivity contribution in [2.24, 2.45) is 0 Å². The molecular formula is C11H8ClF3N2. The van der Waals surface area contributed by atoms with E-state index in [1.54, 1.807) is 13.0 Å². The molecule has 90 valence electrons. The van der Waals surface area contributed by atoms with Crippen molar-refractivity contribution in [3.8, 4) is 5.69 Å². The van der Waals surface area contributed by atoms with Crippen molar-refractivity contribution in [2.45, 2.75) is 13.1 Å². The van der Waals surface area contributed by atoms with Gasteiger partial charge in [0.25, 0.3) is 0 Å². The molecule has 0 spiro atoms. The number of hydrogen-bond donors (Lipinski definition) is 0. The normalized spacial score (nSPS) is 11.8. The van der Waals surface area contributed by atoms with Crippen LogP contribution in [0.5, 0.6) is 0 Å². The quantitative estimate of drug-likeness (QED) is 0.761. The van der Waals surface area contributed by atoms with E-state index in [4.69, 9.17) is 11.6 Å². The largest absolute Gasteiger partial charge is 0.433 e. The molecule has 0 aliphatic rings. The predicted molar refractivity (Wildman–Crippen MR) is 58.3 cm³/mol. The Morgan fingerprint density at radius 2 is 1.94 bits per heavy atom. The number of alkyl halides is 3. The fourth-order valence-corrected chi connectivity index (χ4v) is 1.79. The summed E-state index contributed by atoms with van der Waals surface area (Å²) in [6.45, 7) is 1.68. The third-order valence-electron chi connectivity index (χ3n) is 2.32. The first-order valence-corrected chi connectivity index (χ1v) is 5.15. The maximum absolute atomic E-state index is 12.7. The van der Waals surface area contributed by atoms with Gasteiger partial charge in [-0.15, -0.1) is 0 Å². The van der Waals surface area contributed by atoms with E-state index in [2.05, 4.69) is 5.10 Å². The van der Waals surface area contributed by atoms with Gasteiger partial charge in [-0.2, -0.15) is 18.3 Å². The van der Waals surface area contributed by atoms with Gasteiger partial charge in [-0.1, -0.05) is 11.6 Å². The summed E-state index contributed by atoms with van der Waals surface area (Å²) in [7, 11) is 0. The highest BCUT2D eigenvalue weighted by molar-refractivity contribution is 6.30. The third-order valence-corrected chi connectivity index (χ3v) is 2.56. The molecule has 1 aromatic carbocycles. The summed E-state index contributed by atoms with van der Waals surface area (Å²) in [5.74, 6) is 0. The van der Waals surface area contributed by atoms with Crippen molar-refractivity contribution in [3.63, 3.8) is 0 Å². The Morgan fingerprint density at radius 3 is 2.53 bits per heavy atom. The van der Waals surface area contributed by atoms with Crippen LogP contribution in [0, 0.1) is 6.92 Å². The van der Waals surface area contributed by atoms with Gasteiger partial charge in [0, 0.05) is 5.02 Å². The average molecular weight is 261 g/mol. The highest BCUT2D eigenvalue weighted by Crippen LogP contribution is 2.31. The second-order valence-corrected chi connectivity index (χ2v) is 3.99. The molecule has 0 aliphatic heterocycles. The van der Waals surface area contributed by atoms with Gasteiger partial charge >= 0.3 is 6.18 Å². The molecule has 2 rings (SSSR count). The SMILES string of the molecule is Cc1cc(Cl)ccc1-n1nccc1C(F)(F)F. The van der Waals surface area contributed by atoms with Crippen LogP contribution < -0.4 is 0 Å². The molecule has 0 saturated heterocycles. The van der Waals surface area contributed by atoms with Crippen LogP contribution in [0.2, 0.25) is 5.02 Å². The van der Waals surface area contributed by atoms with Crippen LogP contribution in [-0.4, -0.2) is 9.78 Å². The fraction of sp³-hybridized carbons (Fsp3) is 0.182. The van der Waals surface area contributed by atoms with Crippen LogP contribution in [0.3, 0.4) is 0 Å². The molecule has 0 N–H and O–H groups in total. The Kier molecular flexibility index (Phi) is 2.87. The second kappa shape index (κ2) is 4.07. The second-order valence-electron chi connectivity index (χ2n) is 3.56. The molecule has 1 heterocycles. The number of nitrogens with zero attached hydrogens (tertiary/aromatic N) is 2. The molecule has 0 radical (unpaired) electrons. The van der Waals surface area contributed by atoms with Crippen LogP contribution in [0.1, 0.15) is 11.3 Å². The first-order chi connectivity index (χ1) is 7.89. The van der Waals surface area contributed by atoms with Gasteiger partial charge in [0.2, 0.25) is 0 Å². The minimum Gasteiger partial charge on any atom is -0.228 e. The summed E-state index contributed by atoms with van der Waals surface area (Å²) in [4.78, 5) is 0. The Balaban J connectivity index is 2.58. The number of halogens is 4. The van der Waals surface area contributed by atoms with Crippen LogP contribution in [0.4, 0.5) is 13.2 Å². The predicted octanol–water partition coefficient (Wildman–Crippen LogP) is 3.85. The van der Waals surface area contributed by atoms with Crippen LogP contribution in [0.25, 0.3) is 5.69 Å². The fourth-order valence-electron chi connectivity index (χ4n) is 1.57. The smallest absolute Gasteiger partial charge is 0.228 e. The van der Waals surface area contributed by atoms with Gasteiger partial charge in [-0.05, 0) is 36.8 Å². The lowest BCUT2D eigenvalue weighted by Crippen LogP contribution is -2.13. The molecule has 0 aliphatic carbocycles. The van der Waals surface area contributed by atoms with Crippen molar-refractivity contribution in [1.82, 2.24) is 9.78 Å². The zero-order chi connectivity index (χ0) is 12.6. The van der Waals surface area contributed by atoms with Crippen LogP contribution in [0.15, 0.2) is 30.5 Å². The summed E-state index contributed by atoms with van der Waals surface area (Å²) in [6.07, 6.45) is -3.31. The van der Waals surface area contributed by atoms with Crippen LogP contribution >= 0.6 is 11.6 Å². The van der Waals surface area contributed by atoms with Gasteiger partial charge in [0.05, 0.1) is 11.9 Å². The summed E-state index contributed by atoms with van der Waals surface area (Å²) in [5, 5.41) is 4.18. The zero-order valence-electron chi connectivity index (χ0n) is 8.79.